The molecule has 0 saturated heterocycles. The van der Waals surface area contributed by atoms with E-state index in [4.69, 9.17) is 0 Å². The Morgan fingerprint density at radius 1 is 1.04 bits per heavy atom. The molecule has 2 aliphatic rings. The molecule has 1 aromatic carbocycles. The van der Waals surface area contributed by atoms with Gasteiger partial charge in [0.2, 0.25) is 0 Å². The molecule has 5 rings (SSSR count). The van der Waals surface area contributed by atoms with E-state index in [1.807, 2.05) is 18.2 Å². The minimum absolute atomic E-state index is 0.509. The lowest BCUT2D eigenvalue weighted by atomic mass is 9.86. The fourth-order valence-corrected chi connectivity index (χ4v) is 3.43. The van der Waals surface area contributed by atoms with Gasteiger partial charge in [0.25, 0.3) is 0 Å². The highest BCUT2D eigenvalue weighted by Crippen LogP contribution is 2.38. The van der Waals surface area contributed by atoms with Crippen molar-refractivity contribution in [3.8, 4) is 0 Å². The van der Waals surface area contributed by atoms with Crippen molar-refractivity contribution in [3.05, 3.63) is 78.0 Å². The van der Waals surface area contributed by atoms with Crippen LogP contribution in [0.15, 0.2) is 66.8 Å². The second kappa shape index (κ2) is 4.47. The van der Waals surface area contributed by atoms with E-state index >= 15 is 0 Å². The third-order valence-corrected chi connectivity index (χ3v) is 4.50. The van der Waals surface area contributed by atoms with Crippen LogP contribution in [0.25, 0.3) is 16.6 Å². The van der Waals surface area contributed by atoms with E-state index in [1.165, 1.54) is 12.4 Å². The minimum atomic E-state index is -3.87. The first-order valence-electron chi connectivity index (χ1n) is 7.61. The zero-order valence-electron chi connectivity index (χ0n) is 12.5. The van der Waals surface area contributed by atoms with Crippen molar-refractivity contribution < 1.29 is 13.1 Å². The van der Waals surface area contributed by atoms with Crippen LogP contribution >= 0.6 is 0 Å². The Kier molecular flexibility index (Phi) is 2.49. The molecule has 0 aliphatic carbocycles. The van der Waals surface area contributed by atoms with Gasteiger partial charge in [-0.15, -0.1) is 0 Å². The summed E-state index contributed by atoms with van der Waals surface area (Å²) in [4.78, 5) is 8.58. The summed E-state index contributed by atoms with van der Waals surface area (Å²) in [6.07, 6.45) is 9.49. The third-order valence-electron chi connectivity index (χ3n) is 4.50. The molecule has 0 radical (unpaired) electrons. The standard InChI is InChI=1S/C17H11BF2N4/c19-18(20)23-9-1-3-15(23)17(16-4-2-10-24(16)18)12-5-6-13-14(11-12)22-8-7-21-13/h1-11H. The van der Waals surface area contributed by atoms with E-state index in [1.54, 1.807) is 36.7 Å². The minimum Gasteiger partial charge on any atom is -0.396 e. The third kappa shape index (κ3) is 1.64. The van der Waals surface area contributed by atoms with Crippen molar-refractivity contribution in [3.63, 3.8) is 0 Å². The first kappa shape index (κ1) is 13.4. The predicted molar refractivity (Wildman–Crippen MR) is 88.8 cm³/mol. The average molecular weight is 320 g/mol. The van der Waals surface area contributed by atoms with Gasteiger partial charge < -0.3 is 17.6 Å². The molecule has 2 aliphatic heterocycles. The average Bonchev–Trinajstić information content (AvgIpc) is 3.25. The van der Waals surface area contributed by atoms with Gasteiger partial charge in [-0.05, 0) is 36.0 Å². The van der Waals surface area contributed by atoms with Gasteiger partial charge in [-0.3, -0.25) is 9.97 Å². The summed E-state index contributed by atoms with van der Waals surface area (Å²) >= 11 is 0. The van der Waals surface area contributed by atoms with Crippen molar-refractivity contribution in [1.82, 2.24) is 14.4 Å². The molecular formula is C17H11BF2N4. The maximum Gasteiger partial charge on any atom is 0.737 e. The first-order chi connectivity index (χ1) is 11.7. The number of allylic oxidation sites excluding steroid dienone is 2. The van der Waals surface area contributed by atoms with Gasteiger partial charge >= 0.3 is 6.97 Å². The second-order valence-electron chi connectivity index (χ2n) is 5.82. The maximum atomic E-state index is 14.8. The molecule has 0 unspecified atom stereocenters. The zero-order valence-corrected chi connectivity index (χ0v) is 12.5. The second-order valence-corrected chi connectivity index (χ2v) is 5.82. The highest BCUT2D eigenvalue weighted by atomic mass is 19.2. The summed E-state index contributed by atoms with van der Waals surface area (Å²) in [6.45, 7) is -3.87. The summed E-state index contributed by atoms with van der Waals surface area (Å²) in [6, 6.07) is 9.03. The van der Waals surface area contributed by atoms with E-state index in [0.29, 0.717) is 11.4 Å². The molecule has 4 heterocycles. The van der Waals surface area contributed by atoms with Gasteiger partial charge in [0.15, 0.2) is 5.70 Å². The molecule has 0 fully saturated rings. The quantitative estimate of drug-likeness (QED) is 0.646. The van der Waals surface area contributed by atoms with Crippen LogP contribution in [-0.4, -0.2) is 32.1 Å². The van der Waals surface area contributed by atoms with Crippen LogP contribution in [0.5, 0.6) is 0 Å². The summed E-state index contributed by atoms with van der Waals surface area (Å²) in [5.74, 6) is 0. The van der Waals surface area contributed by atoms with Crippen LogP contribution in [0.3, 0.4) is 0 Å². The molecule has 0 saturated carbocycles. The lowest BCUT2D eigenvalue weighted by Gasteiger charge is -2.30. The number of nitrogens with zero attached hydrogens (tertiary/aromatic N) is 4. The predicted octanol–water partition coefficient (Wildman–Crippen LogP) is 3.08. The van der Waals surface area contributed by atoms with E-state index in [2.05, 4.69) is 9.97 Å². The number of hydrogen-bond donors (Lipinski definition) is 0. The molecule has 116 valence electrons. The molecule has 2 aromatic heterocycles. The number of benzene rings is 1. The molecule has 0 N–H and O–H groups in total. The monoisotopic (exact) mass is 320 g/mol. The first-order valence-corrected chi connectivity index (χ1v) is 7.61. The fraction of sp³-hybridized carbons (Fsp3) is 0. The van der Waals surface area contributed by atoms with Crippen LogP contribution in [0, 0.1) is 0 Å². The highest BCUT2D eigenvalue weighted by molar-refractivity contribution is 6.57. The van der Waals surface area contributed by atoms with Crippen molar-refractivity contribution >= 4 is 29.8 Å². The van der Waals surface area contributed by atoms with Crippen molar-refractivity contribution in [2.75, 3.05) is 0 Å². The van der Waals surface area contributed by atoms with Crippen molar-refractivity contribution in [2.45, 2.75) is 0 Å². The van der Waals surface area contributed by atoms with E-state index in [9.17, 15) is 8.63 Å². The molecule has 0 bridgehead atoms. The Bertz CT molecular complexity index is 1090. The molecule has 24 heavy (non-hydrogen) atoms. The van der Waals surface area contributed by atoms with Gasteiger partial charge in [0, 0.05) is 30.2 Å². The smallest absolute Gasteiger partial charge is 0.396 e. The Morgan fingerprint density at radius 3 is 2.75 bits per heavy atom. The Balaban J connectivity index is 1.83. The van der Waals surface area contributed by atoms with Gasteiger partial charge in [-0.2, -0.15) is 0 Å². The molecule has 0 spiro atoms. The number of hydrogen-bond acceptors (Lipinski definition) is 2. The van der Waals surface area contributed by atoms with Crippen molar-refractivity contribution in [2.24, 2.45) is 0 Å². The summed E-state index contributed by atoms with van der Waals surface area (Å²) in [5, 5.41) is 0. The Labute approximate surface area is 136 Å². The van der Waals surface area contributed by atoms with Crippen LogP contribution in [-0.2, 0) is 0 Å². The Hall–Kier alpha value is -3.09. The molecule has 4 nitrogen and oxygen atoms in total. The lowest BCUT2D eigenvalue weighted by Crippen LogP contribution is -2.49. The summed E-state index contributed by atoms with van der Waals surface area (Å²) < 4.78 is 31.6. The molecular weight excluding hydrogens is 309 g/mol. The lowest BCUT2D eigenvalue weighted by molar-refractivity contribution is -0.356. The van der Waals surface area contributed by atoms with E-state index in [-0.39, 0.29) is 0 Å². The van der Waals surface area contributed by atoms with Gasteiger partial charge in [0.1, 0.15) is 6.21 Å². The highest BCUT2D eigenvalue weighted by Gasteiger charge is 2.51. The normalized spacial score (nSPS) is 17.8. The van der Waals surface area contributed by atoms with Crippen LogP contribution < -0.4 is 0 Å². The molecule has 0 amide bonds. The topological polar surface area (TPSA) is 33.7 Å². The number of rotatable bonds is 1. The summed E-state index contributed by atoms with van der Waals surface area (Å²) in [7, 11) is 0. The van der Waals surface area contributed by atoms with Crippen LogP contribution in [0.4, 0.5) is 8.63 Å². The van der Waals surface area contributed by atoms with Crippen LogP contribution in [0.2, 0.25) is 0 Å². The van der Waals surface area contributed by atoms with E-state index in [0.717, 1.165) is 31.1 Å². The molecule has 3 aromatic rings. The fourth-order valence-electron chi connectivity index (χ4n) is 3.43. The number of aromatic nitrogens is 3. The van der Waals surface area contributed by atoms with Gasteiger partial charge in [-0.25, -0.2) is 0 Å². The number of halogens is 2. The molecule has 0 atom stereocenters. The van der Waals surface area contributed by atoms with Crippen molar-refractivity contribution in [1.29, 1.82) is 0 Å². The van der Waals surface area contributed by atoms with Gasteiger partial charge in [-0.1, -0.05) is 6.07 Å². The number of fused-ring (bicyclic) bond motifs is 3. The largest absolute Gasteiger partial charge is 0.737 e. The maximum absolute atomic E-state index is 14.8. The van der Waals surface area contributed by atoms with Gasteiger partial charge in [0.05, 0.1) is 16.6 Å². The van der Waals surface area contributed by atoms with E-state index < -0.39 is 6.97 Å². The molecule has 7 heteroatoms. The Morgan fingerprint density at radius 2 is 1.88 bits per heavy atom. The summed E-state index contributed by atoms with van der Waals surface area (Å²) in [5.41, 5.74) is 4.14. The SMILES string of the molecule is F[B-]1(F)n2cccc2C(c2ccc3nccnc3c2)=C2C=CC=[N+]21. The zero-order chi connectivity index (χ0) is 16.3. The van der Waals surface area contributed by atoms with Crippen LogP contribution in [0.1, 0.15) is 11.3 Å².